The van der Waals surface area contributed by atoms with Crippen molar-refractivity contribution in [3.05, 3.63) is 41.4 Å². The molecule has 0 fully saturated rings. The molecule has 4 heteroatoms. The van der Waals surface area contributed by atoms with Crippen molar-refractivity contribution in [2.45, 2.75) is 17.6 Å². The standard InChI is InChI=1S/C12H14N2S2/c1-2-13-12-14-8-11(16-12)9-15-10-6-4-3-5-7-10/h3-8H,2,9H2,1H3,(H,13,14). The summed E-state index contributed by atoms with van der Waals surface area (Å²) < 4.78 is 0. The summed E-state index contributed by atoms with van der Waals surface area (Å²) in [6, 6.07) is 10.5. The third-order valence-electron chi connectivity index (χ3n) is 2.01. The minimum Gasteiger partial charge on any atom is -0.362 e. The third kappa shape index (κ3) is 3.25. The zero-order valence-electron chi connectivity index (χ0n) is 9.14. The highest BCUT2D eigenvalue weighted by molar-refractivity contribution is 7.98. The molecule has 16 heavy (non-hydrogen) atoms. The van der Waals surface area contributed by atoms with Gasteiger partial charge in [-0.25, -0.2) is 4.98 Å². The van der Waals surface area contributed by atoms with E-state index in [1.807, 2.05) is 24.0 Å². The van der Waals surface area contributed by atoms with Gasteiger partial charge in [0.1, 0.15) is 0 Å². The third-order valence-corrected chi connectivity index (χ3v) is 4.20. The van der Waals surface area contributed by atoms with Crippen molar-refractivity contribution in [3.8, 4) is 0 Å². The number of thiazole rings is 1. The van der Waals surface area contributed by atoms with Crippen LogP contribution in [0.3, 0.4) is 0 Å². The summed E-state index contributed by atoms with van der Waals surface area (Å²) >= 11 is 3.58. The molecule has 0 saturated heterocycles. The van der Waals surface area contributed by atoms with Gasteiger partial charge in [0.15, 0.2) is 5.13 Å². The molecule has 0 aliphatic heterocycles. The Kier molecular flexibility index (Phi) is 4.25. The lowest BCUT2D eigenvalue weighted by molar-refractivity contribution is 1.19. The Labute approximate surface area is 104 Å². The molecule has 0 spiro atoms. The lowest BCUT2D eigenvalue weighted by Crippen LogP contribution is -1.94. The highest BCUT2D eigenvalue weighted by Crippen LogP contribution is 2.27. The van der Waals surface area contributed by atoms with Gasteiger partial charge in [-0.1, -0.05) is 18.2 Å². The van der Waals surface area contributed by atoms with Gasteiger partial charge in [-0.3, -0.25) is 0 Å². The van der Waals surface area contributed by atoms with Crippen molar-refractivity contribution in [1.82, 2.24) is 4.98 Å². The Balaban J connectivity index is 1.89. The fourth-order valence-electron chi connectivity index (χ4n) is 1.28. The lowest BCUT2D eigenvalue weighted by Gasteiger charge is -1.98. The molecule has 0 radical (unpaired) electrons. The van der Waals surface area contributed by atoms with Crippen LogP contribution in [0.1, 0.15) is 11.8 Å². The summed E-state index contributed by atoms with van der Waals surface area (Å²) in [6.07, 6.45) is 1.96. The summed E-state index contributed by atoms with van der Waals surface area (Å²) in [5.41, 5.74) is 0. The van der Waals surface area contributed by atoms with Gasteiger partial charge in [0.05, 0.1) is 0 Å². The summed E-state index contributed by atoms with van der Waals surface area (Å²) in [7, 11) is 0. The van der Waals surface area contributed by atoms with E-state index in [9.17, 15) is 0 Å². The number of hydrogen-bond donors (Lipinski definition) is 1. The maximum absolute atomic E-state index is 4.31. The first-order chi connectivity index (χ1) is 7.88. The Morgan fingerprint density at radius 1 is 1.31 bits per heavy atom. The highest BCUT2D eigenvalue weighted by Gasteiger charge is 2.01. The van der Waals surface area contributed by atoms with E-state index in [1.165, 1.54) is 9.77 Å². The van der Waals surface area contributed by atoms with Crippen LogP contribution in [0.15, 0.2) is 41.4 Å². The maximum Gasteiger partial charge on any atom is 0.182 e. The van der Waals surface area contributed by atoms with E-state index in [4.69, 9.17) is 0 Å². The zero-order valence-corrected chi connectivity index (χ0v) is 10.8. The Morgan fingerprint density at radius 2 is 2.12 bits per heavy atom. The average molecular weight is 250 g/mol. The molecular weight excluding hydrogens is 236 g/mol. The second-order valence-corrected chi connectivity index (χ2v) is 5.43. The molecule has 2 aromatic rings. The van der Waals surface area contributed by atoms with Gasteiger partial charge >= 0.3 is 0 Å². The summed E-state index contributed by atoms with van der Waals surface area (Å²) in [6.45, 7) is 3.01. The van der Waals surface area contributed by atoms with E-state index >= 15 is 0 Å². The largest absolute Gasteiger partial charge is 0.362 e. The van der Waals surface area contributed by atoms with Gasteiger partial charge in [-0.2, -0.15) is 0 Å². The van der Waals surface area contributed by atoms with E-state index in [2.05, 4.69) is 41.5 Å². The van der Waals surface area contributed by atoms with Gasteiger partial charge < -0.3 is 5.32 Å². The van der Waals surface area contributed by atoms with Gasteiger partial charge in [-0.15, -0.1) is 23.1 Å². The maximum atomic E-state index is 4.31. The Bertz CT molecular complexity index is 426. The van der Waals surface area contributed by atoms with E-state index in [1.54, 1.807) is 11.3 Å². The fraction of sp³-hybridized carbons (Fsp3) is 0.250. The number of nitrogens with one attached hydrogen (secondary N) is 1. The molecule has 2 nitrogen and oxygen atoms in total. The van der Waals surface area contributed by atoms with E-state index in [-0.39, 0.29) is 0 Å². The summed E-state index contributed by atoms with van der Waals surface area (Å²) in [5.74, 6) is 0.993. The minimum atomic E-state index is 0.929. The monoisotopic (exact) mass is 250 g/mol. The molecule has 0 amide bonds. The number of hydrogen-bond acceptors (Lipinski definition) is 4. The van der Waals surface area contributed by atoms with Gasteiger partial charge in [0.2, 0.25) is 0 Å². The van der Waals surface area contributed by atoms with E-state index < -0.39 is 0 Å². The average Bonchev–Trinajstić information content (AvgIpc) is 2.76. The second-order valence-electron chi connectivity index (χ2n) is 3.26. The van der Waals surface area contributed by atoms with Gasteiger partial charge in [0, 0.05) is 28.3 Å². The first kappa shape index (κ1) is 11.5. The van der Waals surface area contributed by atoms with Crippen molar-refractivity contribution < 1.29 is 0 Å². The van der Waals surface area contributed by atoms with Crippen molar-refractivity contribution >= 4 is 28.2 Å². The first-order valence-electron chi connectivity index (χ1n) is 5.25. The molecule has 84 valence electrons. The first-order valence-corrected chi connectivity index (χ1v) is 7.05. The molecule has 1 heterocycles. The molecular formula is C12H14N2S2. The fourth-order valence-corrected chi connectivity index (χ4v) is 3.10. The summed E-state index contributed by atoms with van der Waals surface area (Å²) in [5, 5.41) is 4.24. The number of thioether (sulfide) groups is 1. The smallest absolute Gasteiger partial charge is 0.182 e. The van der Waals surface area contributed by atoms with Crippen molar-refractivity contribution in [2.75, 3.05) is 11.9 Å². The van der Waals surface area contributed by atoms with Crippen molar-refractivity contribution in [2.24, 2.45) is 0 Å². The number of rotatable bonds is 5. The van der Waals surface area contributed by atoms with Gasteiger partial charge in [-0.05, 0) is 19.1 Å². The van der Waals surface area contributed by atoms with Crippen LogP contribution >= 0.6 is 23.1 Å². The molecule has 0 aliphatic rings. The second kappa shape index (κ2) is 5.92. The molecule has 0 saturated carbocycles. The van der Waals surface area contributed by atoms with E-state index in [0.29, 0.717) is 0 Å². The topological polar surface area (TPSA) is 24.9 Å². The SMILES string of the molecule is CCNc1ncc(CSc2ccccc2)s1. The van der Waals surface area contributed by atoms with E-state index in [0.717, 1.165) is 17.4 Å². The van der Waals surface area contributed by atoms with Crippen LogP contribution in [0.2, 0.25) is 0 Å². The highest BCUT2D eigenvalue weighted by atomic mass is 32.2. The van der Waals surface area contributed by atoms with Crippen LogP contribution in [-0.4, -0.2) is 11.5 Å². The van der Waals surface area contributed by atoms with Crippen LogP contribution in [0.25, 0.3) is 0 Å². The van der Waals surface area contributed by atoms with Crippen LogP contribution in [0, 0.1) is 0 Å². The molecule has 0 aliphatic carbocycles. The number of nitrogens with zero attached hydrogens (tertiary/aromatic N) is 1. The number of anilines is 1. The molecule has 1 N–H and O–H groups in total. The molecule has 1 aromatic carbocycles. The Morgan fingerprint density at radius 3 is 2.88 bits per heavy atom. The van der Waals surface area contributed by atoms with Crippen molar-refractivity contribution in [1.29, 1.82) is 0 Å². The predicted octanol–water partition coefficient (Wildman–Crippen LogP) is 3.87. The number of aromatic nitrogens is 1. The molecule has 0 unspecified atom stereocenters. The molecule has 0 atom stereocenters. The summed E-state index contributed by atoms with van der Waals surface area (Å²) in [4.78, 5) is 6.93. The Hall–Kier alpha value is -1.00. The van der Waals surface area contributed by atoms with Crippen molar-refractivity contribution in [3.63, 3.8) is 0 Å². The van der Waals surface area contributed by atoms with Crippen LogP contribution in [-0.2, 0) is 5.75 Å². The lowest BCUT2D eigenvalue weighted by atomic mass is 10.4. The molecule has 1 aromatic heterocycles. The molecule has 0 bridgehead atoms. The van der Waals surface area contributed by atoms with Crippen LogP contribution < -0.4 is 5.32 Å². The number of benzene rings is 1. The normalized spacial score (nSPS) is 10.3. The van der Waals surface area contributed by atoms with Crippen LogP contribution in [0.5, 0.6) is 0 Å². The van der Waals surface area contributed by atoms with Crippen LogP contribution in [0.4, 0.5) is 5.13 Å². The zero-order chi connectivity index (χ0) is 11.2. The predicted molar refractivity (Wildman–Crippen MR) is 72.3 cm³/mol. The molecule has 2 rings (SSSR count). The quantitative estimate of drug-likeness (QED) is 0.815. The van der Waals surface area contributed by atoms with Gasteiger partial charge in [0.25, 0.3) is 0 Å². The minimum absolute atomic E-state index is 0.929.